The molecule has 10 heteroatoms. The second-order valence-electron chi connectivity index (χ2n) is 7.85. The zero-order valence-corrected chi connectivity index (χ0v) is 18.9. The van der Waals surface area contributed by atoms with Gasteiger partial charge in [-0.2, -0.15) is 4.94 Å². The van der Waals surface area contributed by atoms with Gasteiger partial charge >= 0.3 is 0 Å². The number of likely N-dealkylation sites (N-methyl/N-ethyl adjacent to an activating group) is 1. The standard InChI is InChI=1S/C20H17N5O2.C3H8FNO/c1-12-22-7-14(8-23-12)13-4-5-16-17(6-13)25(19(27)20(16,2)3)18-10-21-9-15(11-26)24-18;1-5-2-3-6-4/h4-11H,1-3H3;5H,2-3H2,1H3. The molecule has 3 aromatic rings. The largest absolute Gasteiger partial charge is 0.317 e. The SMILES string of the molecule is CNCCOF.Cc1ncc(-c2ccc3c(c2)N(c2cncc(C=O)n2)C(=O)C3(C)C)cn1. The summed E-state index contributed by atoms with van der Waals surface area (Å²) in [5.74, 6) is 0.902. The number of aromatic nitrogens is 4. The maximum Gasteiger partial charge on any atom is 0.242 e. The van der Waals surface area contributed by atoms with Crippen molar-refractivity contribution in [2.75, 3.05) is 25.1 Å². The van der Waals surface area contributed by atoms with Crippen molar-refractivity contribution in [1.82, 2.24) is 25.3 Å². The Bertz CT molecular complexity index is 1130. The summed E-state index contributed by atoms with van der Waals surface area (Å²) in [7, 11) is 1.74. The van der Waals surface area contributed by atoms with Crippen molar-refractivity contribution in [2.45, 2.75) is 26.2 Å². The van der Waals surface area contributed by atoms with Gasteiger partial charge in [-0.05, 0) is 49.5 Å². The number of aldehydes is 1. The molecule has 1 aromatic carbocycles. The van der Waals surface area contributed by atoms with Gasteiger partial charge in [0.2, 0.25) is 5.91 Å². The van der Waals surface area contributed by atoms with Gasteiger partial charge in [0.1, 0.15) is 11.5 Å². The number of fused-ring (bicyclic) bond motifs is 1. The van der Waals surface area contributed by atoms with Crippen LogP contribution in [-0.2, 0) is 15.2 Å². The fourth-order valence-electron chi connectivity index (χ4n) is 3.37. The number of hydrogen-bond donors (Lipinski definition) is 1. The van der Waals surface area contributed by atoms with Gasteiger partial charge < -0.3 is 5.32 Å². The van der Waals surface area contributed by atoms with Crippen LogP contribution in [0.5, 0.6) is 0 Å². The van der Waals surface area contributed by atoms with Crippen LogP contribution in [0.1, 0.15) is 35.7 Å². The van der Waals surface area contributed by atoms with E-state index in [0.29, 0.717) is 24.5 Å². The number of amides is 1. The molecule has 0 fully saturated rings. The third-order valence-electron chi connectivity index (χ3n) is 5.18. The van der Waals surface area contributed by atoms with Crippen LogP contribution in [0, 0.1) is 6.92 Å². The summed E-state index contributed by atoms with van der Waals surface area (Å²) in [5, 5.41) is 2.70. The van der Waals surface area contributed by atoms with E-state index in [4.69, 9.17) is 0 Å². The lowest BCUT2D eigenvalue weighted by Crippen LogP contribution is -2.33. The van der Waals surface area contributed by atoms with E-state index in [1.807, 2.05) is 39.0 Å². The van der Waals surface area contributed by atoms with E-state index in [2.05, 4.69) is 30.2 Å². The third kappa shape index (κ3) is 5.07. The molecule has 3 heterocycles. The van der Waals surface area contributed by atoms with Crippen LogP contribution in [0.25, 0.3) is 11.1 Å². The van der Waals surface area contributed by atoms with Crippen LogP contribution < -0.4 is 10.2 Å². The minimum atomic E-state index is -0.712. The minimum Gasteiger partial charge on any atom is -0.317 e. The molecule has 1 amide bonds. The van der Waals surface area contributed by atoms with E-state index in [-0.39, 0.29) is 18.2 Å². The van der Waals surface area contributed by atoms with E-state index in [9.17, 15) is 14.1 Å². The molecule has 1 N–H and O–H groups in total. The van der Waals surface area contributed by atoms with Gasteiger partial charge in [0.25, 0.3) is 0 Å². The molecule has 33 heavy (non-hydrogen) atoms. The van der Waals surface area contributed by atoms with Crippen molar-refractivity contribution in [3.05, 3.63) is 60.1 Å². The Balaban J connectivity index is 0.000000454. The highest BCUT2D eigenvalue weighted by molar-refractivity contribution is 6.12. The van der Waals surface area contributed by atoms with Crippen LogP contribution in [0.3, 0.4) is 0 Å². The molecule has 0 saturated heterocycles. The number of anilines is 2. The second kappa shape index (κ2) is 10.3. The lowest BCUT2D eigenvalue weighted by atomic mass is 9.85. The van der Waals surface area contributed by atoms with Gasteiger partial charge in [-0.15, -0.1) is 0 Å². The predicted octanol–water partition coefficient (Wildman–Crippen LogP) is 3.12. The highest BCUT2D eigenvalue weighted by Gasteiger charge is 2.45. The van der Waals surface area contributed by atoms with Crippen molar-refractivity contribution in [3.8, 4) is 11.1 Å². The Labute approximate surface area is 191 Å². The van der Waals surface area contributed by atoms with E-state index in [1.54, 1.807) is 19.4 Å². The number of carbonyl (C=O) groups is 2. The molecule has 0 spiro atoms. The Morgan fingerprint density at radius 2 is 1.88 bits per heavy atom. The number of carbonyl (C=O) groups excluding carboxylic acids is 2. The molecular weight excluding hydrogens is 427 g/mol. The lowest BCUT2D eigenvalue weighted by Gasteiger charge is -2.19. The summed E-state index contributed by atoms with van der Waals surface area (Å²) in [6.45, 7) is 6.28. The number of aryl methyl sites for hydroxylation is 1. The highest BCUT2D eigenvalue weighted by Crippen LogP contribution is 2.46. The van der Waals surface area contributed by atoms with Crippen LogP contribution in [0.15, 0.2) is 43.0 Å². The fraction of sp³-hybridized carbons (Fsp3) is 0.304. The molecular formula is C23H25FN6O3. The maximum absolute atomic E-state index is 13.1. The van der Waals surface area contributed by atoms with Crippen LogP contribution in [0.4, 0.5) is 16.0 Å². The van der Waals surface area contributed by atoms with E-state index in [1.165, 1.54) is 17.3 Å². The van der Waals surface area contributed by atoms with Gasteiger partial charge in [0.05, 0.1) is 30.1 Å². The van der Waals surface area contributed by atoms with Gasteiger partial charge in [0, 0.05) is 24.5 Å². The Hall–Kier alpha value is -3.63. The minimum absolute atomic E-state index is 0.118. The number of benzene rings is 1. The molecule has 1 aliphatic rings. The van der Waals surface area contributed by atoms with Crippen molar-refractivity contribution >= 4 is 23.7 Å². The summed E-state index contributed by atoms with van der Waals surface area (Å²) in [6, 6.07) is 5.82. The molecule has 1 aliphatic heterocycles. The van der Waals surface area contributed by atoms with Crippen molar-refractivity contribution in [2.24, 2.45) is 0 Å². The third-order valence-corrected chi connectivity index (χ3v) is 5.18. The normalized spacial score (nSPS) is 13.8. The number of rotatable bonds is 6. The highest BCUT2D eigenvalue weighted by atomic mass is 19.3. The average Bonchev–Trinajstić information content (AvgIpc) is 3.03. The van der Waals surface area contributed by atoms with Crippen LogP contribution >= 0.6 is 0 Å². The molecule has 0 unspecified atom stereocenters. The summed E-state index contributed by atoms with van der Waals surface area (Å²) < 4.78 is 10.6. The number of nitrogens with zero attached hydrogens (tertiary/aromatic N) is 5. The fourth-order valence-corrected chi connectivity index (χ4v) is 3.37. The number of nitrogens with one attached hydrogen (secondary N) is 1. The molecule has 172 valence electrons. The first kappa shape index (κ1) is 24.0. The smallest absolute Gasteiger partial charge is 0.242 e. The average molecular weight is 452 g/mol. The summed E-state index contributed by atoms with van der Waals surface area (Å²) in [5.41, 5.74) is 2.82. The van der Waals surface area contributed by atoms with Crippen molar-refractivity contribution in [3.63, 3.8) is 0 Å². The molecule has 2 aromatic heterocycles. The van der Waals surface area contributed by atoms with Gasteiger partial charge in [-0.1, -0.05) is 12.1 Å². The van der Waals surface area contributed by atoms with E-state index < -0.39 is 5.41 Å². The first-order valence-electron chi connectivity index (χ1n) is 10.3. The van der Waals surface area contributed by atoms with Gasteiger partial charge in [-0.25, -0.2) is 15.0 Å². The first-order chi connectivity index (χ1) is 15.8. The number of hydrogen-bond acceptors (Lipinski definition) is 8. The molecule has 4 rings (SSSR count). The Kier molecular flexibility index (Phi) is 7.52. The molecule has 0 atom stereocenters. The summed E-state index contributed by atoms with van der Waals surface area (Å²) in [4.78, 5) is 45.7. The van der Waals surface area contributed by atoms with Gasteiger partial charge in [0.15, 0.2) is 12.1 Å². The number of halogens is 1. The van der Waals surface area contributed by atoms with Gasteiger partial charge in [-0.3, -0.25) is 19.5 Å². The molecule has 0 bridgehead atoms. The van der Waals surface area contributed by atoms with E-state index in [0.717, 1.165) is 22.4 Å². The zero-order chi connectivity index (χ0) is 24.0. The Morgan fingerprint density at radius 3 is 2.48 bits per heavy atom. The second-order valence-corrected chi connectivity index (χ2v) is 7.85. The van der Waals surface area contributed by atoms with Crippen LogP contribution in [-0.4, -0.2) is 52.3 Å². The van der Waals surface area contributed by atoms with Crippen molar-refractivity contribution < 1.29 is 19.1 Å². The molecule has 0 aliphatic carbocycles. The summed E-state index contributed by atoms with van der Waals surface area (Å²) >= 11 is 0. The molecule has 0 radical (unpaired) electrons. The first-order valence-corrected chi connectivity index (χ1v) is 10.3. The molecule has 9 nitrogen and oxygen atoms in total. The van der Waals surface area contributed by atoms with Crippen molar-refractivity contribution in [1.29, 1.82) is 0 Å². The van der Waals surface area contributed by atoms with Crippen LogP contribution in [0.2, 0.25) is 0 Å². The predicted molar refractivity (Wildman–Crippen MR) is 121 cm³/mol. The quantitative estimate of drug-likeness (QED) is 0.449. The lowest BCUT2D eigenvalue weighted by molar-refractivity contribution is -0.129. The topological polar surface area (TPSA) is 110 Å². The van der Waals surface area contributed by atoms with E-state index >= 15 is 0 Å². The monoisotopic (exact) mass is 452 g/mol. The zero-order valence-electron chi connectivity index (χ0n) is 18.9. The summed E-state index contributed by atoms with van der Waals surface area (Å²) in [6.07, 6.45) is 6.97. The Morgan fingerprint density at radius 1 is 1.15 bits per heavy atom. The maximum atomic E-state index is 13.1. The molecule has 0 saturated carbocycles.